The maximum Gasteiger partial charge on any atom is 0.262 e. The molecule has 23 heavy (non-hydrogen) atoms. The first-order valence-corrected chi connectivity index (χ1v) is 7.51. The molecule has 0 heterocycles. The van der Waals surface area contributed by atoms with Gasteiger partial charge in [0.05, 0.1) is 0 Å². The summed E-state index contributed by atoms with van der Waals surface area (Å²) >= 11 is 3.32. The molecule has 0 saturated heterocycles. The molecular formula is C16H15BrN2O4. The molecule has 0 saturated carbocycles. The number of halogens is 1. The van der Waals surface area contributed by atoms with Gasteiger partial charge in [-0.1, -0.05) is 15.9 Å². The van der Waals surface area contributed by atoms with Gasteiger partial charge in [0, 0.05) is 10.2 Å². The zero-order chi connectivity index (χ0) is 16.7. The van der Waals surface area contributed by atoms with Crippen molar-refractivity contribution in [3.8, 4) is 11.5 Å². The summed E-state index contributed by atoms with van der Waals surface area (Å²) in [6.45, 7) is -0.283. The number of primary amides is 1. The van der Waals surface area contributed by atoms with Crippen LogP contribution in [-0.4, -0.2) is 25.0 Å². The Morgan fingerprint density at radius 2 is 1.43 bits per heavy atom. The van der Waals surface area contributed by atoms with Gasteiger partial charge >= 0.3 is 0 Å². The zero-order valence-corrected chi connectivity index (χ0v) is 13.7. The molecule has 2 aromatic rings. The molecule has 2 amide bonds. The Morgan fingerprint density at radius 3 is 2.00 bits per heavy atom. The molecule has 0 fully saturated rings. The van der Waals surface area contributed by atoms with Crippen LogP contribution in [0.4, 0.5) is 5.69 Å². The van der Waals surface area contributed by atoms with E-state index < -0.39 is 5.91 Å². The molecule has 0 spiro atoms. The van der Waals surface area contributed by atoms with Crippen molar-refractivity contribution in [1.82, 2.24) is 0 Å². The summed E-state index contributed by atoms with van der Waals surface area (Å²) in [5.74, 6) is 0.276. The van der Waals surface area contributed by atoms with Crippen LogP contribution in [0.1, 0.15) is 0 Å². The second-order valence-corrected chi connectivity index (χ2v) is 5.49. The second kappa shape index (κ2) is 8.19. The van der Waals surface area contributed by atoms with Gasteiger partial charge in [-0.15, -0.1) is 0 Å². The van der Waals surface area contributed by atoms with E-state index >= 15 is 0 Å². The summed E-state index contributed by atoms with van der Waals surface area (Å²) in [4.78, 5) is 22.4. The number of rotatable bonds is 7. The Balaban J connectivity index is 1.80. The summed E-state index contributed by atoms with van der Waals surface area (Å²) in [5.41, 5.74) is 5.59. The lowest BCUT2D eigenvalue weighted by atomic mass is 10.3. The highest BCUT2D eigenvalue weighted by Gasteiger charge is 2.04. The summed E-state index contributed by atoms with van der Waals surface area (Å²) in [7, 11) is 0. The third-order valence-electron chi connectivity index (χ3n) is 2.70. The zero-order valence-electron chi connectivity index (χ0n) is 12.1. The van der Waals surface area contributed by atoms with Gasteiger partial charge < -0.3 is 20.5 Å². The molecule has 0 radical (unpaired) electrons. The number of ether oxygens (including phenoxy) is 2. The van der Waals surface area contributed by atoms with Gasteiger partial charge in [-0.05, 0) is 48.5 Å². The molecular weight excluding hydrogens is 364 g/mol. The quantitative estimate of drug-likeness (QED) is 0.773. The molecule has 0 bridgehead atoms. The molecule has 6 nitrogen and oxygen atoms in total. The smallest absolute Gasteiger partial charge is 0.262 e. The number of carbonyl (C=O) groups is 2. The van der Waals surface area contributed by atoms with Crippen molar-refractivity contribution in [3.05, 3.63) is 53.0 Å². The number of hydrogen-bond acceptors (Lipinski definition) is 4. The van der Waals surface area contributed by atoms with E-state index in [1.807, 2.05) is 12.1 Å². The van der Waals surface area contributed by atoms with Crippen LogP contribution in [0.5, 0.6) is 11.5 Å². The Bertz CT molecular complexity index is 671. The molecule has 0 aliphatic carbocycles. The number of hydrogen-bond donors (Lipinski definition) is 2. The van der Waals surface area contributed by atoms with Crippen molar-refractivity contribution >= 4 is 33.4 Å². The van der Waals surface area contributed by atoms with E-state index in [9.17, 15) is 9.59 Å². The molecule has 0 atom stereocenters. The fourth-order valence-electron chi connectivity index (χ4n) is 1.67. The fourth-order valence-corrected chi connectivity index (χ4v) is 1.93. The molecule has 0 unspecified atom stereocenters. The second-order valence-electron chi connectivity index (χ2n) is 4.57. The van der Waals surface area contributed by atoms with Crippen LogP contribution in [0.2, 0.25) is 0 Å². The monoisotopic (exact) mass is 378 g/mol. The van der Waals surface area contributed by atoms with Gasteiger partial charge in [0.1, 0.15) is 11.5 Å². The first kappa shape index (κ1) is 16.8. The first-order valence-electron chi connectivity index (χ1n) is 6.72. The highest BCUT2D eigenvalue weighted by Crippen LogP contribution is 2.17. The standard InChI is InChI=1S/C16H15BrN2O4/c17-11-1-5-13(6-2-11)23-10-16(21)19-12-3-7-14(8-4-12)22-9-15(18)20/h1-8H,9-10H2,(H2,18,20)(H,19,21). The van der Waals surface area contributed by atoms with Gasteiger partial charge in [-0.3, -0.25) is 9.59 Å². The third kappa shape index (κ3) is 5.99. The maximum atomic E-state index is 11.8. The van der Waals surface area contributed by atoms with Gasteiger partial charge in [0.2, 0.25) is 0 Å². The average Bonchev–Trinajstić information content (AvgIpc) is 2.53. The molecule has 0 aliphatic heterocycles. The summed E-state index contributed by atoms with van der Waals surface area (Å²) in [6.07, 6.45) is 0. The van der Waals surface area contributed by atoms with Crippen molar-refractivity contribution in [2.45, 2.75) is 0 Å². The summed E-state index contributed by atoms with van der Waals surface area (Å²) < 4.78 is 11.4. The predicted octanol–water partition coefficient (Wildman–Crippen LogP) is 2.33. The number of nitrogens with one attached hydrogen (secondary N) is 1. The van der Waals surface area contributed by atoms with E-state index in [2.05, 4.69) is 21.2 Å². The molecule has 0 aliphatic rings. The van der Waals surface area contributed by atoms with Crippen LogP contribution >= 0.6 is 15.9 Å². The minimum absolute atomic E-state index is 0.0957. The van der Waals surface area contributed by atoms with E-state index in [1.54, 1.807) is 36.4 Å². The van der Waals surface area contributed by atoms with E-state index in [4.69, 9.17) is 15.2 Å². The van der Waals surface area contributed by atoms with Gasteiger partial charge in [0.15, 0.2) is 13.2 Å². The fraction of sp³-hybridized carbons (Fsp3) is 0.125. The number of anilines is 1. The minimum atomic E-state index is -0.549. The lowest BCUT2D eigenvalue weighted by Crippen LogP contribution is -2.20. The van der Waals surface area contributed by atoms with Crippen LogP contribution in [0, 0.1) is 0 Å². The number of carbonyl (C=O) groups excluding carboxylic acids is 2. The van der Waals surface area contributed by atoms with Crippen molar-refractivity contribution in [2.75, 3.05) is 18.5 Å². The molecule has 0 aromatic heterocycles. The van der Waals surface area contributed by atoms with Crippen LogP contribution in [0.25, 0.3) is 0 Å². The predicted molar refractivity (Wildman–Crippen MR) is 89.4 cm³/mol. The maximum absolute atomic E-state index is 11.8. The topological polar surface area (TPSA) is 90.7 Å². The van der Waals surface area contributed by atoms with Crippen LogP contribution in [-0.2, 0) is 9.59 Å². The van der Waals surface area contributed by atoms with Gasteiger partial charge in [-0.2, -0.15) is 0 Å². The summed E-state index contributed by atoms with van der Waals surface area (Å²) in [5, 5.41) is 2.70. The largest absolute Gasteiger partial charge is 0.484 e. The average molecular weight is 379 g/mol. The number of nitrogens with two attached hydrogens (primary N) is 1. The number of benzene rings is 2. The number of amides is 2. The van der Waals surface area contributed by atoms with Crippen LogP contribution < -0.4 is 20.5 Å². The highest BCUT2D eigenvalue weighted by molar-refractivity contribution is 9.10. The Hall–Kier alpha value is -2.54. The summed E-state index contributed by atoms with van der Waals surface area (Å²) in [6, 6.07) is 13.8. The van der Waals surface area contributed by atoms with E-state index in [-0.39, 0.29) is 19.1 Å². The van der Waals surface area contributed by atoms with Crippen LogP contribution in [0.3, 0.4) is 0 Å². The molecule has 2 rings (SSSR count). The van der Waals surface area contributed by atoms with E-state index in [0.29, 0.717) is 17.2 Å². The normalized spacial score (nSPS) is 9.96. The Kier molecular flexibility index (Phi) is 5.99. The molecule has 2 aromatic carbocycles. The van der Waals surface area contributed by atoms with E-state index in [0.717, 1.165) is 4.47 Å². The Labute approximate surface area is 141 Å². The van der Waals surface area contributed by atoms with Crippen LogP contribution in [0.15, 0.2) is 53.0 Å². The van der Waals surface area contributed by atoms with Gasteiger partial charge in [-0.25, -0.2) is 0 Å². The van der Waals surface area contributed by atoms with Crippen molar-refractivity contribution in [3.63, 3.8) is 0 Å². The van der Waals surface area contributed by atoms with Crippen molar-refractivity contribution in [2.24, 2.45) is 5.73 Å². The third-order valence-corrected chi connectivity index (χ3v) is 3.23. The lowest BCUT2D eigenvalue weighted by molar-refractivity contribution is -0.120. The van der Waals surface area contributed by atoms with Crippen molar-refractivity contribution < 1.29 is 19.1 Å². The van der Waals surface area contributed by atoms with Crippen molar-refractivity contribution in [1.29, 1.82) is 0 Å². The SMILES string of the molecule is NC(=O)COc1ccc(NC(=O)COc2ccc(Br)cc2)cc1. The highest BCUT2D eigenvalue weighted by atomic mass is 79.9. The minimum Gasteiger partial charge on any atom is -0.484 e. The molecule has 120 valence electrons. The molecule has 3 N–H and O–H groups in total. The molecule has 7 heteroatoms. The Morgan fingerprint density at radius 1 is 0.913 bits per heavy atom. The lowest BCUT2D eigenvalue weighted by Gasteiger charge is -2.08. The first-order chi connectivity index (χ1) is 11.0. The van der Waals surface area contributed by atoms with E-state index in [1.165, 1.54) is 0 Å². The van der Waals surface area contributed by atoms with Gasteiger partial charge in [0.25, 0.3) is 11.8 Å².